The lowest BCUT2D eigenvalue weighted by molar-refractivity contribution is 0.0613. The molecule has 2 amide bonds. The van der Waals surface area contributed by atoms with E-state index >= 15 is 0 Å². The quantitative estimate of drug-likeness (QED) is 0.274. The molecule has 0 aromatic heterocycles. The predicted octanol–water partition coefficient (Wildman–Crippen LogP) is -1.32. The standard InChI is InChI=1S/C2H5N3O4S2/c3-1(6)5(11(7)8)9-2(4)10/h(H2,3,6)(H2,4,10)(H,7,8). The minimum Gasteiger partial charge on any atom is -0.358 e. The SMILES string of the molecule is NC(=O)N(OC(N)=S)S(=O)O. The van der Waals surface area contributed by atoms with Crippen molar-refractivity contribution >= 4 is 34.7 Å². The fourth-order valence-electron chi connectivity index (χ4n) is 0.236. The van der Waals surface area contributed by atoms with Crippen LogP contribution in [0.25, 0.3) is 0 Å². The van der Waals surface area contributed by atoms with Crippen LogP contribution in [0.5, 0.6) is 0 Å². The molecular weight excluding hydrogens is 194 g/mol. The molecule has 9 heteroatoms. The molecule has 0 saturated heterocycles. The minimum atomic E-state index is -2.68. The van der Waals surface area contributed by atoms with Gasteiger partial charge >= 0.3 is 17.3 Å². The summed E-state index contributed by atoms with van der Waals surface area (Å²) in [7, 11) is 0. The van der Waals surface area contributed by atoms with Gasteiger partial charge < -0.3 is 16.3 Å². The Labute approximate surface area is 69.6 Å². The Morgan fingerprint density at radius 1 is 1.64 bits per heavy atom. The number of nitrogens with zero attached hydrogens (tertiary/aromatic N) is 1. The third kappa shape index (κ3) is 3.70. The molecule has 11 heavy (non-hydrogen) atoms. The van der Waals surface area contributed by atoms with Gasteiger partial charge in [-0.1, -0.05) is 0 Å². The largest absolute Gasteiger partial charge is 0.362 e. The summed E-state index contributed by atoms with van der Waals surface area (Å²) in [4.78, 5) is 14.3. The second-order valence-corrected chi connectivity index (χ2v) is 2.43. The van der Waals surface area contributed by atoms with Crippen LogP contribution in [0.3, 0.4) is 0 Å². The number of thiocarbonyl (C=S) groups is 1. The Morgan fingerprint density at radius 3 is 2.18 bits per heavy atom. The molecule has 0 heterocycles. The molecule has 1 atom stereocenters. The zero-order chi connectivity index (χ0) is 9.02. The van der Waals surface area contributed by atoms with E-state index in [4.69, 9.17) is 10.3 Å². The zero-order valence-electron chi connectivity index (χ0n) is 5.09. The van der Waals surface area contributed by atoms with Gasteiger partial charge in [0.25, 0.3) is 5.17 Å². The van der Waals surface area contributed by atoms with Crippen LogP contribution in [-0.4, -0.2) is 24.4 Å². The minimum absolute atomic E-state index is 0.0671. The van der Waals surface area contributed by atoms with Crippen LogP contribution in [0.4, 0.5) is 4.79 Å². The van der Waals surface area contributed by atoms with Crippen LogP contribution in [0, 0.1) is 0 Å². The number of hydrogen-bond donors (Lipinski definition) is 3. The Kier molecular flexibility index (Phi) is 3.71. The van der Waals surface area contributed by atoms with Gasteiger partial charge in [-0.3, -0.25) is 4.55 Å². The van der Waals surface area contributed by atoms with E-state index in [2.05, 4.69) is 22.8 Å². The lowest BCUT2D eigenvalue weighted by Gasteiger charge is -2.12. The van der Waals surface area contributed by atoms with Gasteiger partial charge in [0.15, 0.2) is 0 Å². The summed E-state index contributed by atoms with van der Waals surface area (Å²) in [5.41, 5.74) is 9.36. The molecule has 0 radical (unpaired) electrons. The Bertz CT molecular complexity index is 192. The molecule has 1 unspecified atom stereocenters. The first-order valence-corrected chi connectivity index (χ1v) is 3.60. The van der Waals surface area contributed by atoms with Crippen LogP contribution < -0.4 is 11.5 Å². The third-order valence-electron chi connectivity index (χ3n) is 0.495. The van der Waals surface area contributed by atoms with E-state index in [1.54, 1.807) is 0 Å². The fraction of sp³-hybridized carbons (Fsp3) is 0. The van der Waals surface area contributed by atoms with Crippen LogP contribution in [-0.2, 0) is 16.1 Å². The van der Waals surface area contributed by atoms with Crippen LogP contribution >= 0.6 is 12.2 Å². The average Bonchev–Trinajstić information content (AvgIpc) is 1.81. The Hall–Kier alpha value is -0.930. The average molecular weight is 199 g/mol. The Balaban J connectivity index is 4.23. The summed E-state index contributed by atoms with van der Waals surface area (Å²) < 4.78 is 18.4. The first-order valence-electron chi connectivity index (χ1n) is 2.13. The van der Waals surface area contributed by atoms with Gasteiger partial charge in [0, 0.05) is 0 Å². The van der Waals surface area contributed by atoms with Gasteiger partial charge in [0.2, 0.25) is 0 Å². The molecule has 0 aromatic rings. The van der Waals surface area contributed by atoms with Crippen molar-refractivity contribution in [2.75, 3.05) is 0 Å². The van der Waals surface area contributed by atoms with E-state index in [1.807, 2.05) is 0 Å². The van der Waals surface area contributed by atoms with E-state index < -0.39 is 22.5 Å². The molecule has 0 fully saturated rings. The molecular formula is C2H5N3O4S2. The summed E-state index contributed by atoms with van der Waals surface area (Å²) >= 11 is 1.49. The third-order valence-corrected chi connectivity index (χ3v) is 1.11. The molecule has 0 aliphatic rings. The van der Waals surface area contributed by atoms with Crippen molar-refractivity contribution in [1.29, 1.82) is 0 Å². The second kappa shape index (κ2) is 4.05. The number of carbonyl (C=O) groups is 1. The normalized spacial score (nSPS) is 11.7. The number of rotatable bonds is 1. The number of hydroxylamine groups is 1. The highest BCUT2D eigenvalue weighted by Gasteiger charge is 2.18. The molecule has 0 aromatic carbocycles. The number of amides is 2. The summed E-state index contributed by atoms with van der Waals surface area (Å²) in [5.74, 6) is 0. The second-order valence-electron chi connectivity index (χ2n) is 1.24. The molecule has 7 nitrogen and oxygen atoms in total. The molecule has 0 spiro atoms. The van der Waals surface area contributed by atoms with Gasteiger partial charge in [-0.15, -0.1) is 0 Å². The van der Waals surface area contributed by atoms with Crippen molar-refractivity contribution in [2.24, 2.45) is 11.5 Å². The topological polar surface area (TPSA) is 119 Å². The zero-order valence-corrected chi connectivity index (χ0v) is 6.72. The van der Waals surface area contributed by atoms with Gasteiger partial charge in [0.1, 0.15) is 0 Å². The van der Waals surface area contributed by atoms with Crippen LogP contribution in [0.15, 0.2) is 0 Å². The van der Waals surface area contributed by atoms with Crippen molar-refractivity contribution in [3.63, 3.8) is 0 Å². The van der Waals surface area contributed by atoms with E-state index in [0.717, 1.165) is 0 Å². The smallest absolute Gasteiger partial charge is 0.358 e. The number of hydrogen-bond acceptors (Lipinski definition) is 4. The number of carbonyl (C=O) groups excluding carboxylic acids is 1. The molecule has 0 saturated carbocycles. The van der Waals surface area contributed by atoms with Gasteiger partial charge in [0.05, 0.1) is 0 Å². The van der Waals surface area contributed by atoms with E-state index in [1.165, 1.54) is 0 Å². The lowest BCUT2D eigenvalue weighted by atomic mass is 11.2. The monoisotopic (exact) mass is 199 g/mol. The summed E-state index contributed by atoms with van der Waals surface area (Å²) in [6.07, 6.45) is 0. The molecule has 0 bridgehead atoms. The summed E-state index contributed by atoms with van der Waals surface area (Å²) in [6.45, 7) is 0. The first-order chi connectivity index (χ1) is 4.95. The highest BCUT2D eigenvalue weighted by Crippen LogP contribution is 1.92. The molecule has 64 valence electrons. The molecule has 5 N–H and O–H groups in total. The van der Waals surface area contributed by atoms with E-state index in [-0.39, 0.29) is 4.47 Å². The van der Waals surface area contributed by atoms with Crippen molar-refractivity contribution in [3.8, 4) is 0 Å². The molecule has 0 aliphatic carbocycles. The van der Waals surface area contributed by atoms with Crippen molar-refractivity contribution in [2.45, 2.75) is 0 Å². The van der Waals surface area contributed by atoms with Gasteiger partial charge in [-0.05, 0) is 16.7 Å². The van der Waals surface area contributed by atoms with E-state index in [0.29, 0.717) is 0 Å². The molecule has 0 rings (SSSR count). The molecule has 0 aliphatic heterocycles. The predicted molar refractivity (Wildman–Crippen MR) is 40.1 cm³/mol. The first kappa shape index (κ1) is 10.1. The van der Waals surface area contributed by atoms with Crippen molar-refractivity contribution in [3.05, 3.63) is 0 Å². The number of primary amides is 1. The van der Waals surface area contributed by atoms with E-state index in [9.17, 15) is 9.00 Å². The van der Waals surface area contributed by atoms with Crippen LogP contribution in [0.2, 0.25) is 0 Å². The number of urea groups is 1. The summed E-state index contributed by atoms with van der Waals surface area (Å²) in [6, 6.07) is -1.27. The van der Waals surface area contributed by atoms with Gasteiger partial charge in [-0.25, -0.2) is 9.00 Å². The van der Waals surface area contributed by atoms with Gasteiger partial charge in [-0.2, -0.15) is 0 Å². The van der Waals surface area contributed by atoms with Crippen molar-refractivity contribution < 1.29 is 18.4 Å². The maximum Gasteiger partial charge on any atom is 0.362 e. The maximum absolute atomic E-state index is 10.2. The highest BCUT2D eigenvalue weighted by atomic mass is 32.2. The summed E-state index contributed by atoms with van der Waals surface area (Å²) in [5, 5.41) is -0.578. The van der Waals surface area contributed by atoms with Crippen molar-refractivity contribution in [1.82, 2.24) is 4.47 Å². The lowest BCUT2D eigenvalue weighted by Crippen LogP contribution is -2.40. The maximum atomic E-state index is 10.2. The van der Waals surface area contributed by atoms with Crippen LogP contribution in [0.1, 0.15) is 0 Å². The highest BCUT2D eigenvalue weighted by molar-refractivity contribution is 7.80. The number of nitrogens with two attached hydrogens (primary N) is 2. The Morgan fingerprint density at radius 2 is 2.09 bits per heavy atom. The fourth-order valence-corrected chi connectivity index (χ4v) is 0.655.